The van der Waals surface area contributed by atoms with Gasteiger partial charge in [0, 0.05) is 38.1 Å². The number of hydrogen-bond acceptors (Lipinski definition) is 6. The lowest BCUT2D eigenvalue weighted by atomic mass is 10.1. The van der Waals surface area contributed by atoms with Crippen LogP contribution in [0.5, 0.6) is 0 Å². The lowest BCUT2D eigenvalue weighted by molar-refractivity contribution is -0.137. The molecule has 1 atom stereocenters. The van der Waals surface area contributed by atoms with Crippen molar-refractivity contribution in [1.29, 1.82) is 0 Å². The van der Waals surface area contributed by atoms with E-state index in [1.807, 2.05) is 0 Å². The molecule has 2 aromatic carbocycles. The summed E-state index contributed by atoms with van der Waals surface area (Å²) in [4.78, 5) is 16.2. The van der Waals surface area contributed by atoms with Crippen LogP contribution in [0.25, 0.3) is 0 Å². The molecule has 0 unspecified atom stereocenters. The topological polar surface area (TPSA) is 107 Å². The fourth-order valence-corrected chi connectivity index (χ4v) is 6.35. The number of carbonyl (C=O) groups is 1. The first-order valence-electron chi connectivity index (χ1n) is 12.4. The van der Waals surface area contributed by atoms with Crippen molar-refractivity contribution in [3.05, 3.63) is 77.2 Å². The summed E-state index contributed by atoms with van der Waals surface area (Å²) in [5.74, 6) is -0.415. The number of hydrogen-bond donors (Lipinski definition) is 1. The predicted octanol–water partition coefficient (Wildman–Crippen LogP) is 2.87. The fraction of sp³-hybridized carbons (Fsp3) is 0.423. The monoisotopic (exact) mass is 602 g/mol. The number of carbonyl (C=O) groups excluding carboxylic acids is 1. The standard InChI is InChI=1S/C26H33F3N4O5S2/c1-4-39(35,36)30-15-22-13-14-33(18-22)40(37,38)24-11-7-21(8-12-24)17-32(25(34)19-31(2)3)16-20-5-9-23(10-6-20)26(27,28)29/h4-12,22,30H,1,13-19H2,2-3H3/t22-/m1/s1. The van der Waals surface area contributed by atoms with E-state index in [0.29, 0.717) is 17.5 Å². The fourth-order valence-electron chi connectivity index (χ4n) is 4.23. The van der Waals surface area contributed by atoms with Crippen LogP contribution in [0.4, 0.5) is 13.2 Å². The Morgan fingerprint density at radius 1 is 1.02 bits per heavy atom. The van der Waals surface area contributed by atoms with Crippen LogP contribution in [0.2, 0.25) is 0 Å². The molecule has 3 rings (SSSR count). The van der Waals surface area contributed by atoms with E-state index in [2.05, 4.69) is 11.3 Å². The highest BCUT2D eigenvalue weighted by Gasteiger charge is 2.33. The summed E-state index contributed by atoms with van der Waals surface area (Å²) in [6.07, 6.45) is -3.95. The summed E-state index contributed by atoms with van der Waals surface area (Å²) < 4.78 is 91.9. The predicted molar refractivity (Wildman–Crippen MR) is 145 cm³/mol. The van der Waals surface area contributed by atoms with Crippen molar-refractivity contribution < 1.29 is 34.8 Å². The lowest BCUT2D eigenvalue weighted by Crippen LogP contribution is -2.37. The highest BCUT2D eigenvalue weighted by Crippen LogP contribution is 2.29. The Morgan fingerprint density at radius 2 is 1.57 bits per heavy atom. The van der Waals surface area contributed by atoms with Gasteiger partial charge in [0.2, 0.25) is 26.0 Å². The van der Waals surface area contributed by atoms with Gasteiger partial charge in [-0.1, -0.05) is 30.8 Å². The molecule has 0 bridgehead atoms. The van der Waals surface area contributed by atoms with Crippen molar-refractivity contribution in [2.75, 3.05) is 40.3 Å². The Kier molecular flexibility index (Phi) is 10.2. The molecule has 0 aliphatic carbocycles. The van der Waals surface area contributed by atoms with Crippen LogP contribution in [0.3, 0.4) is 0 Å². The Bertz CT molecular complexity index is 1400. The maximum absolute atomic E-state index is 13.2. The van der Waals surface area contributed by atoms with Crippen molar-refractivity contribution in [1.82, 2.24) is 18.8 Å². The van der Waals surface area contributed by atoms with Crippen LogP contribution in [-0.2, 0) is 44.1 Å². The van der Waals surface area contributed by atoms with E-state index in [-0.39, 0.29) is 56.0 Å². The molecule has 1 heterocycles. The number of alkyl halides is 3. The van der Waals surface area contributed by atoms with Gasteiger partial charge in [0.1, 0.15) is 0 Å². The van der Waals surface area contributed by atoms with Gasteiger partial charge in [-0.3, -0.25) is 4.79 Å². The van der Waals surface area contributed by atoms with E-state index in [0.717, 1.165) is 17.5 Å². The van der Waals surface area contributed by atoms with Crippen molar-refractivity contribution >= 4 is 26.0 Å². The van der Waals surface area contributed by atoms with Gasteiger partial charge in [-0.2, -0.15) is 17.5 Å². The number of likely N-dealkylation sites (N-methyl/N-ethyl adjacent to an activating group) is 1. The second-order valence-electron chi connectivity index (χ2n) is 9.90. The zero-order valence-electron chi connectivity index (χ0n) is 22.3. The summed E-state index contributed by atoms with van der Waals surface area (Å²) in [6, 6.07) is 10.7. The second-order valence-corrected chi connectivity index (χ2v) is 13.6. The summed E-state index contributed by atoms with van der Waals surface area (Å²) in [7, 11) is -3.96. The Balaban J connectivity index is 1.70. The SMILES string of the molecule is C=CS(=O)(=O)NC[C@H]1CCN(S(=O)(=O)c2ccc(CN(Cc3ccc(C(F)(F)F)cc3)C(=O)CN(C)C)cc2)C1. The molecule has 1 aliphatic heterocycles. The van der Waals surface area contributed by atoms with Crippen LogP contribution in [0.1, 0.15) is 23.1 Å². The van der Waals surface area contributed by atoms with E-state index in [4.69, 9.17) is 0 Å². The minimum absolute atomic E-state index is 0.0671. The number of sulfonamides is 2. The Labute approximate surface area is 233 Å². The second kappa shape index (κ2) is 12.8. The molecule has 9 nitrogen and oxygen atoms in total. The highest BCUT2D eigenvalue weighted by molar-refractivity contribution is 7.92. The van der Waals surface area contributed by atoms with E-state index >= 15 is 0 Å². The third kappa shape index (κ3) is 8.61. The lowest BCUT2D eigenvalue weighted by Gasteiger charge is -2.25. The van der Waals surface area contributed by atoms with Crippen LogP contribution in [0.15, 0.2) is 65.4 Å². The maximum atomic E-state index is 13.2. The van der Waals surface area contributed by atoms with Gasteiger partial charge in [-0.25, -0.2) is 21.6 Å². The zero-order chi connectivity index (χ0) is 29.7. The molecule has 1 fully saturated rings. The number of nitrogens with zero attached hydrogens (tertiary/aromatic N) is 3. The van der Waals surface area contributed by atoms with E-state index < -0.39 is 31.8 Å². The van der Waals surface area contributed by atoms with Crippen LogP contribution in [0, 0.1) is 5.92 Å². The minimum Gasteiger partial charge on any atom is -0.333 e. The first kappa shape index (κ1) is 31.7. The summed E-state index contributed by atoms with van der Waals surface area (Å²) >= 11 is 0. The molecular weight excluding hydrogens is 569 g/mol. The molecule has 1 amide bonds. The van der Waals surface area contributed by atoms with Gasteiger partial charge >= 0.3 is 6.18 Å². The van der Waals surface area contributed by atoms with E-state index in [1.54, 1.807) is 31.1 Å². The largest absolute Gasteiger partial charge is 0.416 e. The molecule has 1 saturated heterocycles. The number of benzene rings is 2. The van der Waals surface area contributed by atoms with Crippen LogP contribution >= 0.6 is 0 Å². The smallest absolute Gasteiger partial charge is 0.333 e. The van der Waals surface area contributed by atoms with Crippen LogP contribution in [-0.4, -0.2) is 77.1 Å². The first-order chi connectivity index (χ1) is 18.6. The zero-order valence-corrected chi connectivity index (χ0v) is 23.9. The Morgan fingerprint density at radius 3 is 2.08 bits per heavy atom. The van der Waals surface area contributed by atoms with Gasteiger partial charge in [0.05, 0.1) is 17.0 Å². The molecule has 0 spiro atoms. The number of nitrogens with one attached hydrogen (secondary N) is 1. The van der Waals surface area contributed by atoms with E-state index in [1.165, 1.54) is 33.5 Å². The quantitative estimate of drug-likeness (QED) is 0.401. The summed E-state index contributed by atoms with van der Waals surface area (Å²) in [6.45, 7) is 4.06. The molecule has 0 aromatic heterocycles. The van der Waals surface area contributed by atoms with Gasteiger partial charge < -0.3 is 9.80 Å². The molecule has 14 heteroatoms. The molecule has 220 valence electrons. The van der Waals surface area contributed by atoms with Gasteiger partial charge in [0.25, 0.3) is 0 Å². The number of amides is 1. The van der Waals surface area contributed by atoms with Gasteiger partial charge in [-0.15, -0.1) is 0 Å². The molecule has 0 saturated carbocycles. The van der Waals surface area contributed by atoms with Crippen molar-refractivity contribution in [2.24, 2.45) is 5.92 Å². The Hall–Kier alpha value is -2.78. The molecule has 1 aliphatic rings. The highest BCUT2D eigenvalue weighted by atomic mass is 32.2. The summed E-state index contributed by atoms with van der Waals surface area (Å²) in [5.41, 5.74) is 0.399. The van der Waals surface area contributed by atoms with Crippen molar-refractivity contribution in [3.63, 3.8) is 0 Å². The van der Waals surface area contributed by atoms with Crippen LogP contribution < -0.4 is 4.72 Å². The van der Waals surface area contributed by atoms with Crippen molar-refractivity contribution in [3.8, 4) is 0 Å². The maximum Gasteiger partial charge on any atom is 0.416 e. The van der Waals surface area contributed by atoms with Crippen molar-refractivity contribution in [2.45, 2.75) is 30.6 Å². The molecule has 2 aromatic rings. The summed E-state index contributed by atoms with van der Waals surface area (Å²) in [5, 5.41) is 0.802. The molecular formula is C26H33F3N4O5S2. The molecule has 40 heavy (non-hydrogen) atoms. The average molecular weight is 603 g/mol. The van der Waals surface area contributed by atoms with Gasteiger partial charge in [0.15, 0.2) is 0 Å². The van der Waals surface area contributed by atoms with Gasteiger partial charge in [-0.05, 0) is 61.8 Å². The normalized spacial score (nSPS) is 16.8. The average Bonchev–Trinajstić information content (AvgIpc) is 3.37. The molecule has 0 radical (unpaired) electrons. The number of halogens is 3. The third-order valence-electron chi connectivity index (χ3n) is 6.43. The molecule has 1 N–H and O–H groups in total. The first-order valence-corrected chi connectivity index (χ1v) is 15.4. The third-order valence-corrected chi connectivity index (χ3v) is 9.32. The van der Waals surface area contributed by atoms with E-state index in [9.17, 15) is 34.8 Å². The number of rotatable bonds is 12. The minimum atomic E-state index is -4.46.